The molecule has 25 heavy (non-hydrogen) atoms. The molecule has 0 radical (unpaired) electrons. The summed E-state index contributed by atoms with van der Waals surface area (Å²) in [6.07, 6.45) is 2.80. The minimum atomic E-state index is -0.466. The van der Waals surface area contributed by atoms with Gasteiger partial charge in [0.25, 0.3) is 5.91 Å². The minimum absolute atomic E-state index is 0.0747. The van der Waals surface area contributed by atoms with Gasteiger partial charge in [-0.2, -0.15) is 0 Å². The van der Waals surface area contributed by atoms with Crippen LogP contribution in [0.4, 0.5) is 0 Å². The Balaban J connectivity index is 1.61. The van der Waals surface area contributed by atoms with Crippen LogP contribution in [0, 0.1) is 6.92 Å². The number of hydrogen-bond acceptors (Lipinski definition) is 5. The van der Waals surface area contributed by atoms with E-state index in [4.69, 9.17) is 4.74 Å². The van der Waals surface area contributed by atoms with E-state index in [-0.39, 0.29) is 24.5 Å². The smallest absolute Gasteiger partial charge is 0.261 e. The number of nitrogens with one attached hydrogen (secondary N) is 2. The van der Waals surface area contributed by atoms with Gasteiger partial charge in [0.2, 0.25) is 5.91 Å². The van der Waals surface area contributed by atoms with E-state index in [9.17, 15) is 9.59 Å². The van der Waals surface area contributed by atoms with Crippen molar-refractivity contribution in [2.75, 3.05) is 26.2 Å². The third-order valence-electron chi connectivity index (χ3n) is 4.55. The monoisotopic (exact) mass is 346 g/mol. The summed E-state index contributed by atoms with van der Waals surface area (Å²) in [7, 11) is 0. The quantitative estimate of drug-likeness (QED) is 0.780. The lowest BCUT2D eigenvalue weighted by Gasteiger charge is -2.35. The highest BCUT2D eigenvalue weighted by molar-refractivity contribution is 5.89. The summed E-state index contributed by atoms with van der Waals surface area (Å²) >= 11 is 0. The summed E-state index contributed by atoms with van der Waals surface area (Å²) in [5.41, 5.74) is 1.77. The van der Waals surface area contributed by atoms with Crippen LogP contribution in [0.3, 0.4) is 0 Å². The van der Waals surface area contributed by atoms with Crippen molar-refractivity contribution in [1.82, 2.24) is 20.5 Å². The van der Waals surface area contributed by atoms with Crippen molar-refractivity contribution in [3.05, 3.63) is 23.5 Å². The van der Waals surface area contributed by atoms with Crippen LogP contribution in [-0.4, -0.2) is 60.0 Å². The number of aryl methyl sites for hydroxylation is 2. The molecule has 7 heteroatoms. The zero-order valence-electron chi connectivity index (χ0n) is 14.9. The van der Waals surface area contributed by atoms with Crippen molar-refractivity contribution in [3.8, 4) is 5.75 Å². The number of pyridine rings is 1. The third kappa shape index (κ3) is 4.48. The molecule has 7 nitrogen and oxygen atoms in total. The number of ether oxygens (including phenoxy) is 1. The van der Waals surface area contributed by atoms with E-state index in [2.05, 4.69) is 15.6 Å². The Morgan fingerprint density at radius 3 is 2.92 bits per heavy atom. The second-order valence-corrected chi connectivity index (χ2v) is 6.63. The number of carbonyl (C=O) groups is 2. The van der Waals surface area contributed by atoms with Gasteiger partial charge in [-0.1, -0.05) is 6.92 Å². The lowest BCUT2D eigenvalue weighted by molar-refractivity contribution is -0.143. The molecule has 1 saturated carbocycles. The molecular formula is C18H26N4O3. The molecule has 0 spiro atoms. The first-order valence-electron chi connectivity index (χ1n) is 8.98. The SMILES string of the molecule is CCc1nc(C)ccc1OCC(=O)N1CCNCC1C(=O)NC1CC1. The molecular weight excluding hydrogens is 320 g/mol. The summed E-state index contributed by atoms with van der Waals surface area (Å²) in [6, 6.07) is 3.54. The summed E-state index contributed by atoms with van der Waals surface area (Å²) in [4.78, 5) is 31.1. The van der Waals surface area contributed by atoms with E-state index in [0.29, 0.717) is 25.4 Å². The highest BCUT2D eigenvalue weighted by Crippen LogP contribution is 2.20. The van der Waals surface area contributed by atoms with E-state index in [1.54, 1.807) is 4.90 Å². The van der Waals surface area contributed by atoms with E-state index in [1.807, 2.05) is 26.0 Å². The van der Waals surface area contributed by atoms with Gasteiger partial charge in [0.05, 0.1) is 5.69 Å². The third-order valence-corrected chi connectivity index (χ3v) is 4.55. The fraction of sp³-hybridized carbons (Fsp3) is 0.611. The number of piperazine rings is 1. The van der Waals surface area contributed by atoms with E-state index < -0.39 is 6.04 Å². The van der Waals surface area contributed by atoms with Crippen molar-refractivity contribution in [3.63, 3.8) is 0 Å². The van der Waals surface area contributed by atoms with Gasteiger partial charge in [-0.25, -0.2) is 0 Å². The molecule has 1 atom stereocenters. The summed E-state index contributed by atoms with van der Waals surface area (Å²) in [6.45, 7) is 5.54. The molecule has 3 rings (SSSR count). The van der Waals surface area contributed by atoms with Crippen LogP contribution in [0.15, 0.2) is 12.1 Å². The molecule has 2 aliphatic rings. The van der Waals surface area contributed by atoms with Gasteiger partial charge in [-0.15, -0.1) is 0 Å². The van der Waals surface area contributed by atoms with Crippen LogP contribution in [0.25, 0.3) is 0 Å². The molecule has 2 amide bonds. The minimum Gasteiger partial charge on any atom is -0.482 e. The molecule has 0 aromatic carbocycles. The maximum Gasteiger partial charge on any atom is 0.261 e. The molecule has 1 unspecified atom stereocenters. The van der Waals surface area contributed by atoms with Gasteiger partial charge in [-0.3, -0.25) is 14.6 Å². The number of hydrogen-bond donors (Lipinski definition) is 2. The highest BCUT2D eigenvalue weighted by atomic mass is 16.5. The normalized spacial score (nSPS) is 20.2. The molecule has 1 aliphatic heterocycles. The highest BCUT2D eigenvalue weighted by Gasteiger charge is 2.35. The first kappa shape index (κ1) is 17.7. The van der Waals surface area contributed by atoms with Crippen LogP contribution in [-0.2, 0) is 16.0 Å². The Kier molecular flexibility index (Phi) is 5.53. The predicted octanol–water partition coefficient (Wildman–Crippen LogP) is 0.410. The largest absolute Gasteiger partial charge is 0.482 e. The van der Waals surface area contributed by atoms with Crippen LogP contribution >= 0.6 is 0 Å². The zero-order valence-corrected chi connectivity index (χ0v) is 14.9. The maximum atomic E-state index is 12.6. The number of carbonyl (C=O) groups excluding carboxylic acids is 2. The Morgan fingerprint density at radius 2 is 2.20 bits per heavy atom. The first-order chi connectivity index (χ1) is 12.1. The summed E-state index contributed by atoms with van der Waals surface area (Å²) in [5.74, 6) is 0.393. The summed E-state index contributed by atoms with van der Waals surface area (Å²) < 4.78 is 5.71. The Hall–Kier alpha value is -2.15. The maximum absolute atomic E-state index is 12.6. The molecule has 2 fully saturated rings. The van der Waals surface area contributed by atoms with Crippen molar-refractivity contribution in [2.24, 2.45) is 0 Å². The van der Waals surface area contributed by atoms with E-state index in [1.165, 1.54) is 0 Å². The van der Waals surface area contributed by atoms with Gasteiger partial charge in [0, 0.05) is 31.4 Å². The van der Waals surface area contributed by atoms with Gasteiger partial charge in [0.1, 0.15) is 11.8 Å². The molecule has 2 heterocycles. The number of aromatic nitrogens is 1. The van der Waals surface area contributed by atoms with Gasteiger partial charge < -0.3 is 20.3 Å². The zero-order chi connectivity index (χ0) is 17.8. The van der Waals surface area contributed by atoms with Crippen LogP contribution in [0.5, 0.6) is 5.75 Å². The molecule has 1 aliphatic carbocycles. The molecule has 0 bridgehead atoms. The average molecular weight is 346 g/mol. The topological polar surface area (TPSA) is 83.6 Å². The number of nitrogens with zero attached hydrogens (tertiary/aromatic N) is 2. The second-order valence-electron chi connectivity index (χ2n) is 6.63. The Labute approximate surface area is 148 Å². The first-order valence-corrected chi connectivity index (χ1v) is 8.98. The second kappa shape index (κ2) is 7.82. The van der Waals surface area contributed by atoms with E-state index in [0.717, 1.165) is 30.7 Å². The van der Waals surface area contributed by atoms with Gasteiger partial charge in [0.15, 0.2) is 6.61 Å². The van der Waals surface area contributed by atoms with Crippen molar-refractivity contribution < 1.29 is 14.3 Å². The lowest BCUT2D eigenvalue weighted by Crippen LogP contribution is -2.60. The molecule has 2 N–H and O–H groups in total. The molecule has 1 aromatic rings. The average Bonchev–Trinajstić information content (AvgIpc) is 3.44. The van der Waals surface area contributed by atoms with Gasteiger partial charge in [-0.05, 0) is 38.3 Å². The molecule has 1 saturated heterocycles. The fourth-order valence-corrected chi connectivity index (χ4v) is 2.97. The van der Waals surface area contributed by atoms with Crippen molar-refractivity contribution in [1.29, 1.82) is 0 Å². The lowest BCUT2D eigenvalue weighted by atomic mass is 10.1. The van der Waals surface area contributed by atoms with Crippen molar-refractivity contribution in [2.45, 2.75) is 45.2 Å². The van der Waals surface area contributed by atoms with E-state index >= 15 is 0 Å². The number of rotatable bonds is 6. The van der Waals surface area contributed by atoms with Gasteiger partial charge >= 0.3 is 0 Å². The Bertz CT molecular complexity index is 645. The van der Waals surface area contributed by atoms with Crippen molar-refractivity contribution >= 4 is 11.8 Å². The predicted molar refractivity (Wildman–Crippen MR) is 93.4 cm³/mol. The standard InChI is InChI=1S/C18H26N4O3/c1-3-14-16(7-4-12(2)20-14)25-11-17(23)22-9-8-19-10-15(22)18(24)21-13-5-6-13/h4,7,13,15,19H,3,5-6,8-11H2,1-2H3,(H,21,24). The summed E-state index contributed by atoms with van der Waals surface area (Å²) in [5, 5.41) is 6.17. The van der Waals surface area contributed by atoms with Crippen LogP contribution in [0.1, 0.15) is 31.2 Å². The molecule has 1 aromatic heterocycles. The van der Waals surface area contributed by atoms with Crippen LogP contribution in [0.2, 0.25) is 0 Å². The Morgan fingerprint density at radius 1 is 1.40 bits per heavy atom. The fourth-order valence-electron chi connectivity index (χ4n) is 2.97. The number of amides is 2. The molecule has 136 valence electrons. The van der Waals surface area contributed by atoms with Crippen LogP contribution < -0.4 is 15.4 Å².